The molecule has 3 rings (SSSR count). The third-order valence-electron chi connectivity index (χ3n) is 4.94. The van der Waals surface area contributed by atoms with Gasteiger partial charge in [-0.1, -0.05) is 17.7 Å². The molecule has 1 unspecified atom stereocenters. The van der Waals surface area contributed by atoms with E-state index in [2.05, 4.69) is 6.08 Å². The van der Waals surface area contributed by atoms with Crippen LogP contribution in [0.3, 0.4) is 0 Å². The molecule has 5 nitrogen and oxygen atoms in total. The van der Waals surface area contributed by atoms with Crippen LogP contribution in [0.2, 0.25) is 0 Å². The SMILES string of the molecule is COc1c(O)cc(C2CC(=O)c3c(O)cc(O)cc3C2)cc1CC=C(C)C. The minimum absolute atomic E-state index is 0.0455. The topological polar surface area (TPSA) is 87.0 Å². The van der Waals surface area contributed by atoms with E-state index in [0.29, 0.717) is 24.2 Å². The summed E-state index contributed by atoms with van der Waals surface area (Å²) in [4.78, 5) is 12.6. The van der Waals surface area contributed by atoms with Crippen molar-refractivity contribution in [3.05, 3.63) is 58.2 Å². The smallest absolute Gasteiger partial charge is 0.167 e. The predicted octanol–water partition coefficient (Wildman–Crippen LogP) is 4.23. The van der Waals surface area contributed by atoms with Gasteiger partial charge in [0.15, 0.2) is 17.3 Å². The number of rotatable bonds is 4. The molecule has 0 radical (unpaired) electrons. The molecule has 0 heterocycles. The summed E-state index contributed by atoms with van der Waals surface area (Å²) in [6.07, 6.45) is 3.40. The molecule has 0 aromatic heterocycles. The van der Waals surface area contributed by atoms with E-state index in [1.54, 1.807) is 6.07 Å². The van der Waals surface area contributed by atoms with Gasteiger partial charge in [0.1, 0.15) is 11.5 Å². The zero-order valence-electron chi connectivity index (χ0n) is 15.7. The highest BCUT2D eigenvalue weighted by Gasteiger charge is 2.30. The number of aromatic hydroxyl groups is 3. The van der Waals surface area contributed by atoms with Crippen LogP contribution in [-0.4, -0.2) is 28.2 Å². The third kappa shape index (κ3) is 3.77. The van der Waals surface area contributed by atoms with Crippen molar-refractivity contribution in [2.45, 2.75) is 39.0 Å². The molecule has 2 aromatic carbocycles. The van der Waals surface area contributed by atoms with Crippen LogP contribution in [0.4, 0.5) is 0 Å². The van der Waals surface area contributed by atoms with Crippen LogP contribution in [0.15, 0.2) is 35.9 Å². The Balaban J connectivity index is 2.01. The van der Waals surface area contributed by atoms with Gasteiger partial charge < -0.3 is 20.1 Å². The minimum Gasteiger partial charge on any atom is -0.508 e. The van der Waals surface area contributed by atoms with Gasteiger partial charge in [0, 0.05) is 18.1 Å². The first-order valence-electron chi connectivity index (χ1n) is 8.91. The van der Waals surface area contributed by atoms with E-state index in [4.69, 9.17) is 4.74 Å². The molecule has 142 valence electrons. The number of phenolic OH excluding ortho intramolecular Hbond substituents is 3. The van der Waals surface area contributed by atoms with E-state index < -0.39 is 0 Å². The number of methoxy groups -OCH3 is 1. The van der Waals surface area contributed by atoms with Crippen molar-refractivity contribution in [3.63, 3.8) is 0 Å². The summed E-state index contributed by atoms with van der Waals surface area (Å²) >= 11 is 0. The molecule has 0 amide bonds. The second kappa shape index (κ2) is 7.35. The summed E-state index contributed by atoms with van der Waals surface area (Å²) in [5.41, 5.74) is 3.76. The van der Waals surface area contributed by atoms with Crippen LogP contribution in [0.5, 0.6) is 23.0 Å². The third-order valence-corrected chi connectivity index (χ3v) is 4.94. The Hall–Kier alpha value is -2.95. The molecule has 1 aliphatic rings. The lowest BCUT2D eigenvalue weighted by molar-refractivity contribution is 0.0961. The Labute approximate surface area is 158 Å². The van der Waals surface area contributed by atoms with Crippen molar-refractivity contribution in [2.75, 3.05) is 7.11 Å². The molecule has 0 saturated carbocycles. The normalized spacial score (nSPS) is 16.0. The number of ether oxygens (including phenoxy) is 1. The van der Waals surface area contributed by atoms with Crippen LogP contribution in [-0.2, 0) is 12.8 Å². The molecule has 0 bridgehead atoms. The van der Waals surface area contributed by atoms with Gasteiger partial charge >= 0.3 is 0 Å². The summed E-state index contributed by atoms with van der Waals surface area (Å²) < 4.78 is 5.35. The maximum atomic E-state index is 12.6. The van der Waals surface area contributed by atoms with Crippen LogP contribution in [0.1, 0.15) is 53.2 Å². The molecule has 0 saturated heterocycles. The van der Waals surface area contributed by atoms with Crippen LogP contribution >= 0.6 is 0 Å². The summed E-state index contributed by atoms with van der Waals surface area (Å²) in [7, 11) is 1.52. The Morgan fingerprint density at radius 3 is 2.52 bits per heavy atom. The standard InChI is InChI=1S/C22H24O5/c1-12(2)4-5-13-6-14(10-20(26)22(13)27-3)15-7-16-8-17(23)11-19(25)21(16)18(24)9-15/h4,6,8,10-11,15,23,25-26H,5,7,9H2,1-3H3. The molecule has 2 aromatic rings. The lowest BCUT2D eigenvalue weighted by atomic mass is 9.78. The fourth-order valence-electron chi connectivity index (χ4n) is 3.68. The van der Waals surface area contributed by atoms with Crippen LogP contribution < -0.4 is 4.74 Å². The zero-order valence-corrected chi connectivity index (χ0v) is 15.7. The summed E-state index contributed by atoms with van der Waals surface area (Å²) in [5.74, 6) is -0.0802. The van der Waals surface area contributed by atoms with Crippen molar-refractivity contribution in [2.24, 2.45) is 0 Å². The number of benzene rings is 2. The second-order valence-electron chi connectivity index (χ2n) is 7.25. The second-order valence-corrected chi connectivity index (χ2v) is 7.25. The van der Waals surface area contributed by atoms with Crippen molar-refractivity contribution in [1.82, 2.24) is 0 Å². The molecule has 5 heteroatoms. The van der Waals surface area contributed by atoms with Crippen molar-refractivity contribution < 1.29 is 24.9 Å². The number of Topliss-reactive ketones (excluding diaryl/α,β-unsaturated/α-hetero) is 1. The molecule has 1 aliphatic carbocycles. The van der Waals surface area contributed by atoms with E-state index in [1.807, 2.05) is 19.9 Å². The Morgan fingerprint density at radius 1 is 1.11 bits per heavy atom. The fourth-order valence-corrected chi connectivity index (χ4v) is 3.68. The number of carbonyl (C=O) groups is 1. The first kappa shape index (κ1) is 18.8. The predicted molar refractivity (Wildman–Crippen MR) is 103 cm³/mol. The number of hydrogen-bond donors (Lipinski definition) is 3. The summed E-state index contributed by atoms with van der Waals surface area (Å²) in [6.45, 7) is 4.01. The molecule has 3 N–H and O–H groups in total. The molecule has 0 spiro atoms. The quantitative estimate of drug-likeness (QED) is 0.703. The van der Waals surface area contributed by atoms with Gasteiger partial charge in [-0.3, -0.25) is 4.79 Å². The maximum absolute atomic E-state index is 12.6. The average molecular weight is 368 g/mol. The first-order chi connectivity index (χ1) is 12.8. The lowest BCUT2D eigenvalue weighted by Crippen LogP contribution is -2.19. The van der Waals surface area contributed by atoms with Crippen LogP contribution in [0.25, 0.3) is 0 Å². The Kier molecular flexibility index (Phi) is 5.13. The molecule has 0 fully saturated rings. The van der Waals surface area contributed by atoms with Crippen LogP contribution in [0, 0.1) is 0 Å². The van der Waals surface area contributed by atoms with Crippen molar-refractivity contribution in [3.8, 4) is 23.0 Å². The fraction of sp³-hybridized carbons (Fsp3) is 0.318. The maximum Gasteiger partial charge on any atom is 0.167 e. The zero-order chi connectivity index (χ0) is 19.7. The largest absolute Gasteiger partial charge is 0.508 e. The monoisotopic (exact) mass is 368 g/mol. The first-order valence-corrected chi connectivity index (χ1v) is 8.91. The van der Waals surface area contributed by atoms with Gasteiger partial charge in [-0.2, -0.15) is 0 Å². The molecule has 27 heavy (non-hydrogen) atoms. The number of fused-ring (bicyclic) bond motifs is 1. The van der Waals surface area contributed by atoms with Gasteiger partial charge in [-0.15, -0.1) is 0 Å². The van der Waals surface area contributed by atoms with Gasteiger partial charge in [0.25, 0.3) is 0 Å². The number of hydrogen-bond acceptors (Lipinski definition) is 5. The summed E-state index contributed by atoms with van der Waals surface area (Å²) in [5, 5.41) is 30.2. The molecular weight excluding hydrogens is 344 g/mol. The number of carbonyl (C=O) groups excluding carboxylic acids is 1. The van der Waals surface area contributed by atoms with Gasteiger partial charge in [0.2, 0.25) is 0 Å². The number of phenols is 3. The highest BCUT2D eigenvalue weighted by Crippen LogP contribution is 2.41. The van der Waals surface area contributed by atoms with Crippen molar-refractivity contribution in [1.29, 1.82) is 0 Å². The van der Waals surface area contributed by atoms with E-state index in [1.165, 1.54) is 19.2 Å². The van der Waals surface area contributed by atoms with E-state index in [9.17, 15) is 20.1 Å². The molecule has 0 aliphatic heterocycles. The Bertz CT molecular complexity index is 923. The average Bonchev–Trinajstić information content (AvgIpc) is 2.58. The highest BCUT2D eigenvalue weighted by molar-refractivity contribution is 6.01. The summed E-state index contributed by atoms with van der Waals surface area (Å²) in [6, 6.07) is 6.31. The molecular formula is C22H24O5. The van der Waals surface area contributed by atoms with Crippen molar-refractivity contribution >= 4 is 5.78 Å². The lowest BCUT2D eigenvalue weighted by Gasteiger charge is -2.25. The van der Waals surface area contributed by atoms with Gasteiger partial charge in [-0.05, 0) is 55.9 Å². The van der Waals surface area contributed by atoms with E-state index in [0.717, 1.165) is 16.7 Å². The number of allylic oxidation sites excluding steroid dienone is 2. The number of ketones is 1. The van der Waals surface area contributed by atoms with Gasteiger partial charge in [0.05, 0.1) is 12.7 Å². The highest BCUT2D eigenvalue weighted by atomic mass is 16.5. The van der Waals surface area contributed by atoms with Gasteiger partial charge in [-0.25, -0.2) is 0 Å². The van der Waals surface area contributed by atoms with E-state index >= 15 is 0 Å². The minimum atomic E-state index is -0.185. The Morgan fingerprint density at radius 2 is 1.85 bits per heavy atom. The van der Waals surface area contributed by atoms with E-state index in [-0.39, 0.29) is 40.9 Å². The molecule has 1 atom stereocenters.